The van der Waals surface area contributed by atoms with Gasteiger partial charge in [-0.15, -0.1) is 0 Å². The Kier molecular flexibility index (Phi) is 3.33. The van der Waals surface area contributed by atoms with Gasteiger partial charge in [0, 0.05) is 12.7 Å². The van der Waals surface area contributed by atoms with Crippen LogP contribution < -0.4 is 4.90 Å². The summed E-state index contributed by atoms with van der Waals surface area (Å²) in [4.78, 5) is 13.6. The zero-order valence-electron chi connectivity index (χ0n) is 9.61. The lowest BCUT2D eigenvalue weighted by molar-refractivity contribution is 0.0965. The SMILES string of the molecule is Cc1cccc(N(C)C(=O)c2ccc(Br)o2)c1. The summed E-state index contributed by atoms with van der Waals surface area (Å²) >= 11 is 3.18. The first-order valence-corrected chi connectivity index (χ1v) is 5.97. The van der Waals surface area contributed by atoms with Crippen LogP contribution in [0.2, 0.25) is 0 Å². The Morgan fingerprint density at radius 3 is 2.65 bits per heavy atom. The number of halogens is 1. The van der Waals surface area contributed by atoms with Gasteiger partial charge in [-0.25, -0.2) is 0 Å². The highest BCUT2D eigenvalue weighted by Crippen LogP contribution is 2.20. The molecule has 0 atom stereocenters. The highest BCUT2D eigenvalue weighted by molar-refractivity contribution is 9.10. The highest BCUT2D eigenvalue weighted by atomic mass is 79.9. The lowest BCUT2D eigenvalue weighted by atomic mass is 10.2. The van der Waals surface area contributed by atoms with Crippen LogP contribution in [0, 0.1) is 6.92 Å². The number of amides is 1. The van der Waals surface area contributed by atoms with Crippen LogP contribution in [0.3, 0.4) is 0 Å². The fraction of sp³-hybridized carbons (Fsp3) is 0.154. The average molecular weight is 294 g/mol. The first-order valence-electron chi connectivity index (χ1n) is 5.18. The number of hydrogen-bond donors (Lipinski definition) is 0. The molecule has 0 aliphatic heterocycles. The number of carbonyl (C=O) groups excluding carboxylic acids is 1. The normalized spacial score (nSPS) is 10.3. The molecule has 0 bridgehead atoms. The van der Waals surface area contributed by atoms with Gasteiger partial charge in [0.25, 0.3) is 5.91 Å². The Bertz CT molecular complexity index is 548. The maximum atomic E-state index is 12.1. The molecule has 3 nitrogen and oxygen atoms in total. The fourth-order valence-electron chi connectivity index (χ4n) is 1.55. The van der Waals surface area contributed by atoms with E-state index in [0.717, 1.165) is 11.3 Å². The first-order chi connectivity index (χ1) is 8.08. The second-order valence-electron chi connectivity index (χ2n) is 3.81. The van der Waals surface area contributed by atoms with Crippen LogP contribution >= 0.6 is 15.9 Å². The van der Waals surface area contributed by atoms with Gasteiger partial charge in [-0.1, -0.05) is 12.1 Å². The summed E-state index contributed by atoms with van der Waals surface area (Å²) < 4.78 is 5.80. The molecule has 1 heterocycles. The van der Waals surface area contributed by atoms with Gasteiger partial charge in [-0.05, 0) is 52.7 Å². The molecule has 1 aromatic heterocycles. The Labute approximate surface area is 108 Å². The molecule has 0 aliphatic rings. The molecule has 0 aliphatic carbocycles. The van der Waals surface area contributed by atoms with Gasteiger partial charge in [-0.2, -0.15) is 0 Å². The highest BCUT2D eigenvalue weighted by Gasteiger charge is 2.16. The van der Waals surface area contributed by atoms with Gasteiger partial charge >= 0.3 is 0 Å². The molecule has 0 N–H and O–H groups in total. The number of rotatable bonds is 2. The summed E-state index contributed by atoms with van der Waals surface area (Å²) in [7, 11) is 1.73. The van der Waals surface area contributed by atoms with E-state index >= 15 is 0 Å². The summed E-state index contributed by atoms with van der Waals surface area (Å²) in [6.07, 6.45) is 0. The van der Waals surface area contributed by atoms with E-state index in [1.54, 1.807) is 24.1 Å². The molecule has 0 saturated carbocycles. The van der Waals surface area contributed by atoms with E-state index < -0.39 is 0 Å². The van der Waals surface area contributed by atoms with Crippen LogP contribution in [0.5, 0.6) is 0 Å². The molecule has 2 aromatic rings. The Morgan fingerprint density at radius 1 is 1.29 bits per heavy atom. The van der Waals surface area contributed by atoms with Gasteiger partial charge in [0.2, 0.25) is 0 Å². The second-order valence-corrected chi connectivity index (χ2v) is 4.59. The minimum Gasteiger partial charge on any atom is -0.444 e. The molecule has 0 radical (unpaired) electrons. The molecule has 1 aromatic carbocycles. The van der Waals surface area contributed by atoms with Crippen molar-refractivity contribution in [2.45, 2.75) is 6.92 Å². The zero-order chi connectivity index (χ0) is 12.4. The molecule has 1 amide bonds. The Balaban J connectivity index is 2.26. The molecule has 0 saturated heterocycles. The maximum Gasteiger partial charge on any atom is 0.293 e. The van der Waals surface area contributed by atoms with Crippen molar-refractivity contribution in [3.8, 4) is 0 Å². The van der Waals surface area contributed by atoms with Crippen molar-refractivity contribution >= 4 is 27.5 Å². The number of hydrogen-bond acceptors (Lipinski definition) is 2. The molecule has 4 heteroatoms. The van der Waals surface area contributed by atoms with Crippen molar-refractivity contribution in [2.24, 2.45) is 0 Å². The summed E-state index contributed by atoms with van der Waals surface area (Å²) in [6.45, 7) is 1.99. The third-order valence-corrected chi connectivity index (χ3v) is 2.90. The van der Waals surface area contributed by atoms with E-state index in [2.05, 4.69) is 15.9 Å². The molecule has 2 rings (SSSR count). The van der Waals surface area contributed by atoms with Crippen molar-refractivity contribution in [2.75, 3.05) is 11.9 Å². The standard InChI is InChI=1S/C13H12BrNO2/c1-9-4-3-5-10(8-9)15(2)13(16)11-6-7-12(14)17-11/h3-8H,1-2H3. The average Bonchev–Trinajstić information content (AvgIpc) is 2.74. The molecule has 88 valence electrons. The minimum absolute atomic E-state index is 0.165. The van der Waals surface area contributed by atoms with E-state index in [4.69, 9.17) is 4.42 Å². The quantitative estimate of drug-likeness (QED) is 0.847. The zero-order valence-corrected chi connectivity index (χ0v) is 11.2. The summed E-state index contributed by atoms with van der Waals surface area (Å²) in [6, 6.07) is 11.1. The van der Waals surface area contributed by atoms with E-state index in [0.29, 0.717) is 10.4 Å². The number of nitrogens with zero attached hydrogens (tertiary/aromatic N) is 1. The van der Waals surface area contributed by atoms with Crippen LogP contribution in [-0.2, 0) is 0 Å². The molecule has 0 unspecified atom stereocenters. The van der Waals surface area contributed by atoms with E-state index in [9.17, 15) is 4.79 Å². The van der Waals surface area contributed by atoms with Crippen LogP contribution in [0.15, 0.2) is 45.5 Å². The van der Waals surface area contributed by atoms with Crippen LogP contribution in [-0.4, -0.2) is 13.0 Å². The van der Waals surface area contributed by atoms with Crippen molar-refractivity contribution in [3.63, 3.8) is 0 Å². The van der Waals surface area contributed by atoms with Gasteiger partial charge in [0.1, 0.15) is 0 Å². The number of benzene rings is 1. The third kappa shape index (κ3) is 2.58. The number of anilines is 1. The lowest BCUT2D eigenvalue weighted by Gasteiger charge is -2.16. The summed E-state index contributed by atoms with van der Waals surface area (Å²) in [5.41, 5.74) is 1.96. The minimum atomic E-state index is -0.165. The smallest absolute Gasteiger partial charge is 0.293 e. The lowest BCUT2D eigenvalue weighted by Crippen LogP contribution is -2.25. The van der Waals surface area contributed by atoms with Crippen molar-refractivity contribution in [3.05, 3.63) is 52.4 Å². The molecule has 0 fully saturated rings. The molecular weight excluding hydrogens is 282 g/mol. The summed E-state index contributed by atoms with van der Waals surface area (Å²) in [5, 5.41) is 0. The van der Waals surface area contributed by atoms with E-state index in [-0.39, 0.29) is 5.91 Å². The molecule has 0 spiro atoms. The van der Waals surface area contributed by atoms with Crippen molar-refractivity contribution < 1.29 is 9.21 Å². The third-order valence-electron chi connectivity index (χ3n) is 2.48. The van der Waals surface area contributed by atoms with E-state index in [1.807, 2.05) is 31.2 Å². The number of furan rings is 1. The van der Waals surface area contributed by atoms with Gasteiger partial charge in [0.05, 0.1) is 0 Å². The topological polar surface area (TPSA) is 33.5 Å². The largest absolute Gasteiger partial charge is 0.444 e. The maximum absolute atomic E-state index is 12.1. The van der Waals surface area contributed by atoms with Crippen molar-refractivity contribution in [1.82, 2.24) is 0 Å². The second kappa shape index (κ2) is 4.75. The van der Waals surface area contributed by atoms with Gasteiger partial charge in [-0.3, -0.25) is 4.79 Å². The predicted octanol–water partition coefficient (Wildman–Crippen LogP) is 3.63. The van der Waals surface area contributed by atoms with Crippen LogP contribution in [0.4, 0.5) is 5.69 Å². The van der Waals surface area contributed by atoms with E-state index in [1.165, 1.54) is 0 Å². The Morgan fingerprint density at radius 2 is 2.06 bits per heavy atom. The summed E-state index contributed by atoms with van der Waals surface area (Å²) in [5.74, 6) is 0.155. The first kappa shape index (κ1) is 11.9. The fourth-order valence-corrected chi connectivity index (χ4v) is 1.85. The molecular formula is C13H12BrNO2. The number of aryl methyl sites for hydroxylation is 1. The predicted molar refractivity (Wildman–Crippen MR) is 70.3 cm³/mol. The van der Waals surface area contributed by atoms with Gasteiger partial charge < -0.3 is 9.32 Å². The van der Waals surface area contributed by atoms with Crippen molar-refractivity contribution in [1.29, 1.82) is 0 Å². The van der Waals surface area contributed by atoms with Crippen LogP contribution in [0.1, 0.15) is 16.1 Å². The van der Waals surface area contributed by atoms with Crippen LogP contribution in [0.25, 0.3) is 0 Å². The monoisotopic (exact) mass is 293 g/mol. The number of carbonyl (C=O) groups is 1. The van der Waals surface area contributed by atoms with Gasteiger partial charge in [0.15, 0.2) is 10.4 Å². The molecule has 17 heavy (non-hydrogen) atoms. The Hall–Kier alpha value is -1.55.